The molecule has 0 spiro atoms. The van der Waals surface area contributed by atoms with Crippen molar-refractivity contribution in [2.24, 2.45) is 5.10 Å². The van der Waals surface area contributed by atoms with Gasteiger partial charge in [0.1, 0.15) is 0 Å². The molecule has 0 heterocycles. The zero-order chi connectivity index (χ0) is 15.9. The van der Waals surface area contributed by atoms with Gasteiger partial charge in [0.2, 0.25) is 0 Å². The molecule has 0 saturated heterocycles. The topological polar surface area (TPSA) is 41.5 Å². The Labute approximate surface area is 148 Å². The van der Waals surface area contributed by atoms with Gasteiger partial charge in [-0.05, 0) is 58.9 Å². The monoisotopic (exact) mass is 424 g/mol. The Kier molecular flexibility index (Phi) is 6.15. The average Bonchev–Trinajstić information content (AvgIpc) is 2.50. The van der Waals surface area contributed by atoms with E-state index in [0.29, 0.717) is 10.6 Å². The number of hydrogen-bond donors (Lipinski definition) is 1. The molecular formula is C17H14ClIN2O. The lowest BCUT2D eigenvalue weighted by Crippen LogP contribution is -2.18. The summed E-state index contributed by atoms with van der Waals surface area (Å²) in [6.45, 7) is 1.92. The highest BCUT2D eigenvalue weighted by Crippen LogP contribution is 2.18. The van der Waals surface area contributed by atoms with Crippen LogP contribution in [0.1, 0.15) is 22.8 Å². The van der Waals surface area contributed by atoms with Gasteiger partial charge >= 0.3 is 0 Å². The summed E-state index contributed by atoms with van der Waals surface area (Å²) in [6.07, 6.45) is 3.58. The molecule has 2 aromatic rings. The van der Waals surface area contributed by atoms with Gasteiger partial charge in [-0.25, -0.2) is 5.43 Å². The van der Waals surface area contributed by atoms with Gasteiger partial charge in [-0.2, -0.15) is 5.10 Å². The molecule has 2 aromatic carbocycles. The van der Waals surface area contributed by atoms with Gasteiger partial charge in [0.25, 0.3) is 5.91 Å². The number of hydrazone groups is 1. The van der Waals surface area contributed by atoms with Gasteiger partial charge in [-0.3, -0.25) is 4.79 Å². The van der Waals surface area contributed by atoms with E-state index < -0.39 is 0 Å². The predicted molar refractivity (Wildman–Crippen MR) is 100 cm³/mol. The van der Waals surface area contributed by atoms with Crippen LogP contribution in [0.5, 0.6) is 0 Å². The first kappa shape index (κ1) is 16.7. The minimum Gasteiger partial charge on any atom is -0.267 e. The van der Waals surface area contributed by atoms with E-state index in [4.69, 9.17) is 11.6 Å². The van der Waals surface area contributed by atoms with Gasteiger partial charge in [-0.15, -0.1) is 0 Å². The van der Waals surface area contributed by atoms with Crippen molar-refractivity contribution in [3.05, 3.63) is 73.8 Å². The van der Waals surface area contributed by atoms with E-state index in [-0.39, 0.29) is 5.91 Å². The first-order valence-corrected chi connectivity index (χ1v) is 8.04. The lowest BCUT2D eigenvalue weighted by Gasteiger charge is -2.03. The predicted octanol–water partition coefficient (Wildman–Crippen LogP) is 4.76. The molecule has 112 valence electrons. The third-order valence-corrected chi connectivity index (χ3v) is 3.80. The van der Waals surface area contributed by atoms with Gasteiger partial charge in [0.15, 0.2) is 0 Å². The van der Waals surface area contributed by atoms with Crippen LogP contribution in [0.3, 0.4) is 0 Å². The number of carbonyl (C=O) groups excluding carboxylic acids is 1. The third kappa shape index (κ3) is 4.96. The van der Waals surface area contributed by atoms with E-state index in [9.17, 15) is 4.79 Å². The molecule has 0 fully saturated rings. The summed E-state index contributed by atoms with van der Waals surface area (Å²) in [6, 6.07) is 15.2. The Morgan fingerprint density at radius 1 is 1.23 bits per heavy atom. The maximum atomic E-state index is 12.0. The first-order valence-electron chi connectivity index (χ1n) is 6.58. The second-order valence-corrected chi connectivity index (χ2v) is 6.28. The maximum absolute atomic E-state index is 12.0. The van der Waals surface area contributed by atoms with Crippen LogP contribution in [0.25, 0.3) is 6.08 Å². The average molecular weight is 425 g/mol. The minimum absolute atomic E-state index is 0.327. The normalized spacial score (nSPS) is 11.7. The van der Waals surface area contributed by atoms with Crippen molar-refractivity contribution in [2.75, 3.05) is 0 Å². The Morgan fingerprint density at radius 2 is 1.95 bits per heavy atom. The summed E-state index contributed by atoms with van der Waals surface area (Å²) in [7, 11) is 0. The third-order valence-electron chi connectivity index (χ3n) is 2.80. The first-order chi connectivity index (χ1) is 10.6. The highest BCUT2D eigenvalue weighted by molar-refractivity contribution is 14.1. The van der Waals surface area contributed by atoms with Gasteiger partial charge in [-0.1, -0.05) is 48.0 Å². The summed E-state index contributed by atoms with van der Waals surface area (Å²) in [5.74, 6) is -0.327. The molecule has 5 heteroatoms. The van der Waals surface area contributed by atoms with Crippen LogP contribution in [0.2, 0.25) is 5.02 Å². The lowest BCUT2D eigenvalue weighted by atomic mass is 10.1. The van der Waals surface area contributed by atoms with Crippen LogP contribution in [0.15, 0.2) is 59.2 Å². The summed E-state index contributed by atoms with van der Waals surface area (Å²) in [5, 5.41) is 4.37. The molecule has 3 nitrogen and oxygen atoms in total. The Morgan fingerprint density at radius 3 is 2.68 bits per heavy atom. The van der Waals surface area contributed by atoms with E-state index in [1.165, 1.54) is 0 Å². The van der Waals surface area contributed by atoms with Crippen molar-refractivity contribution in [3.63, 3.8) is 0 Å². The van der Waals surface area contributed by atoms with Crippen molar-refractivity contribution in [1.82, 2.24) is 5.43 Å². The molecule has 0 aromatic heterocycles. The van der Waals surface area contributed by atoms with Crippen molar-refractivity contribution in [3.8, 4) is 0 Å². The zero-order valence-corrected chi connectivity index (χ0v) is 14.8. The van der Waals surface area contributed by atoms with Crippen LogP contribution in [0.4, 0.5) is 0 Å². The highest BCUT2D eigenvalue weighted by atomic mass is 127. The summed E-state index contributed by atoms with van der Waals surface area (Å²) in [4.78, 5) is 12.0. The number of nitrogens with zero attached hydrogens (tertiary/aromatic N) is 1. The quantitative estimate of drug-likeness (QED) is 0.429. The largest absolute Gasteiger partial charge is 0.272 e. The molecule has 0 aliphatic carbocycles. The van der Waals surface area contributed by atoms with Crippen molar-refractivity contribution < 1.29 is 4.79 Å². The molecule has 0 aliphatic rings. The molecule has 22 heavy (non-hydrogen) atoms. The fourth-order valence-electron chi connectivity index (χ4n) is 1.77. The zero-order valence-electron chi connectivity index (χ0n) is 11.9. The molecule has 1 N–H and O–H groups in total. The fourth-order valence-corrected chi connectivity index (χ4v) is 2.47. The SMILES string of the molecule is CC(C=NNC(=O)c1cc(I)ccc1Cl)=Cc1ccccc1. The minimum atomic E-state index is -0.327. The van der Waals surface area contributed by atoms with Gasteiger partial charge in [0.05, 0.1) is 16.8 Å². The maximum Gasteiger partial charge on any atom is 0.272 e. The number of benzene rings is 2. The fraction of sp³-hybridized carbons (Fsp3) is 0.0588. The Balaban J connectivity index is 2.01. The second-order valence-electron chi connectivity index (χ2n) is 4.62. The van der Waals surface area contributed by atoms with E-state index in [1.54, 1.807) is 18.3 Å². The van der Waals surface area contributed by atoms with Crippen LogP contribution < -0.4 is 5.43 Å². The molecule has 0 saturated carbocycles. The number of rotatable bonds is 4. The van der Waals surface area contributed by atoms with Crippen LogP contribution in [-0.2, 0) is 0 Å². The van der Waals surface area contributed by atoms with E-state index in [0.717, 1.165) is 14.7 Å². The molecule has 0 atom stereocenters. The van der Waals surface area contributed by atoms with E-state index in [2.05, 4.69) is 33.1 Å². The highest BCUT2D eigenvalue weighted by Gasteiger charge is 2.09. The Hall–Kier alpha value is -1.66. The van der Waals surface area contributed by atoms with Crippen molar-refractivity contribution >= 4 is 52.4 Å². The summed E-state index contributed by atoms with van der Waals surface area (Å²) in [5.41, 5.74) is 4.91. The van der Waals surface area contributed by atoms with Crippen LogP contribution in [0, 0.1) is 3.57 Å². The van der Waals surface area contributed by atoms with Crippen molar-refractivity contribution in [2.45, 2.75) is 6.92 Å². The number of carbonyl (C=O) groups is 1. The number of hydrogen-bond acceptors (Lipinski definition) is 2. The molecule has 1 amide bonds. The van der Waals surface area contributed by atoms with Crippen molar-refractivity contribution in [1.29, 1.82) is 0 Å². The van der Waals surface area contributed by atoms with Crippen LogP contribution in [-0.4, -0.2) is 12.1 Å². The number of nitrogens with one attached hydrogen (secondary N) is 1. The van der Waals surface area contributed by atoms with Gasteiger partial charge < -0.3 is 0 Å². The molecule has 0 aliphatic heterocycles. The standard InChI is InChI=1S/C17H14ClIN2O/c1-12(9-13-5-3-2-4-6-13)11-20-21-17(22)15-10-14(19)7-8-16(15)18/h2-11H,1H3,(H,21,22). The van der Waals surface area contributed by atoms with E-state index >= 15 is 0 Å². The Bertz CT molecular complexity index is 727. The van der Waals surface area contributed by atoms with Crippen LogP contribution >= 0.6 is 34.2 Å². The van der Waals surface area contributed by atoms with Gasteiger partial charge in [0, 0.05) is 3.57 Å². The number of allylic oxidation sites excluding steroid dienone is 1. The molecular weight excluding hydrogens is 411 g/mol. The molecule has 0 bridgehead atoms. The summed E-state index contributed by atoms with van der Waals surface area (Å²) >= 11 is 8.14. The number of amides is 1. The molecule has 2 rings (SSSR count). The second kappa shape index (κ2) is 8.10. The number of halogens is 2. The lowest BCUT2D eigenvalue weighted by molar-refractivity contribution is 0.0955. The molecule has 0 radical (unpaired) electrons. The van der Waals surface area contributed by atoms with E-state index in [1.807, 2.05) is 49.4 Å². The summed E-state index contributed by atoms with van der Waals surface area (Å²) < 4.78 is 0.941. The smallest absolute Gasteiger partial charge is 0.267 e. The molecule has 0 unspecified atom stereocenters.